The number of hydrogen-bond acceptors (Lipinski definition) is 3. The number of fused-ring (bicyclic) bond motifs is 1. The molecule has 0 saturated carbocycles. The fourth-order valence-corrected chi connectivity index (χ4v) is 2.38. The first-order valence-electron chi connectivity index (χ1n) is 6.23. The summed E-state index contributed by atoms with van der Waals surface area (Å²) in [6.45, 7) is 0. The first-order chi connectivity index (χ1) is 10.8. The van der Waals surface area contributed by atoms with Crippen LogP contribution in [0.1, 0.15) is 16.2 Å². The molecule has 118 valence electrons. The number of imidazole rings is 1. The lowest BCUT2D eigenvalue weighted by molar-refractivity contribution is -0.137. The van der Waals surface area contributed by atoms with Crippen LogP contribution in [0, 0.1) is 0 Å². The summed E-state index contributed by atoms with van der Waals surface area (Å²) in [4.78, 5) is 19.0. The molecule has 0 atom stereocenters. The van der Waals surface area contributed by atoms with Gasteiger partial charge in [-0.1, -0.05) is 23.7 Å². The van der Waals surface area contributed by atoms with E-state index in [2.05, 4.69) is 9.97 Å². The Bertz CT molecular complexity index is 921. The molecule has 1 N–H and O–H groups in total. The van der Waals surface area contributed by atoms with Crippen LogP contribution >= 0.6 is 11.6 Å². The Morgan fingerprint density at radius 2 is 1.96 bits per heavy atom. The molecule has 0 bridgehead atoms. The minimum atomic E-state index is -4.60. The van der Waals surface area contributed by atoms with Crippen LogP contribution in [0.4, 0.5) is 13.2 Å². The summed E-state index contributed by atoms with van der Waals surface area (Å²) < 4.78 is 39.2. The number of benzene rings is 1. The maximum atomic E-state index is 12.7. The Kier molecular flexibility index (Phi) is 3.48. The van der Waals surface area contributed by atoms with Gasteiger partial charge in [0.05, 0.1) is 21.6 Å². The number of carboxylic acid groups (broad SMARTS) is 1. The monoisotopic (exact) mass is 341 g/mol. The van der Waals surface area contributed by atoms with Gasteiger partial charge in [0.1, 0.15) is 0 Å². The third-order valence-corrected chi connectivity index (χ3v) is 3.39. The molecule has 0 radical (unpaired) electrons. The summed E-state index contributed by atoms with van der Waals surface area (Å²) in [6, 6.07) is 7.15. The summed E-state index contributed by atoms with van der Waals surface area (Å²) >= 11 is 5.90. The number of carboxylic acids is 1. The molecular weight excluding hydrogens is 335 g/mol. The van der Waals surface area contributed by atoms with Crippen molar-refractivity contribution in [3.8, 4) is 5.82 Å². The number of para-hydroxylation sites is 2. The number of aromatic nitrogens is 3. The van der Waals surface area contributed by atoms with Gasteiger partial charge in [-0.2, -0.15) is 13.2 Å². The van der Waals surface area contributed by atoms with E-state index in [-0.39, 0.29) is 16.7 Å². The van der Waals surface area contributed by atoms with Crippen molar-refractivity contribution in [3.63, 3.8) is 0 Å². The van der Waals surface area contributed by atoms with Crippen molar-refractivity contribution in [2.75, 3.05) is 0 Å². The highest BCUT2D eigenvalue weighted by Crippen LogP contribution is 2.33. The molecule has 3 rings (SSSR count). The summed E-state index contributed by atoms with van der Waals surface area (Å²) in [5.41, 5.74) is -0.283. The molecule has 0 fully saturated rings. The highest BCUT2D eigenvalue weighted by molar-refractivity contribution is 6.32. The number of pyridine rings is 1. The number of carbonyl (C=O) groups is 1. The van der Waals surface area contributed by atoms with Crippen molar-refractivity contribution in [2.45, 2.75) is 6.18 Å². The normalized spacial score (nSPS) is 11.8. The van der Waals surface area contributed by atoms with Gasteiger partial charge in [0.25, 0.3) is 0 Å². The van der Waals surface area contributed by atoms with E-state index in [9.17, 15) is 23.1 Å². The lowest BCUT2D eigenvalue weighted by Crippen LogP contribution is -2.12. The fourth-order valence-electron chi connectivity index (χ4n) is 2.13. The second-order valence-corrected chi connectivity index (χ2v) is 5.00. The molecule has 5 nitrogen and oxygen atoms in total. The summed E-state index contributed by atoms with van der Waals surface area (Å²) in [6.07, 6.45) is -4.00. The second kappa shape index (κ2) is 5.24. The molecule has 0 aliphatic heterocycles. The first kappa shape index (κ1) is 15.3. The molecule has 0 aliphatic rings. The molecule has 0 aliphatic carbocycles. The zero-order valence-corrected chi connectivity index (χ0v) is 11.9. The van der Waals surface area contributed by atoms with E-state index >= 15 is 0 Å². The predicted octanol–water partition coefficient (Wildman–Crippen LogP) is 3.79. The van der Waals surface area contributed by atoms with Crippen LogP contribution < -0.4 is 0 Å². The lowest BCUT2D eigenvalue weighted by atomic mass is 10.2. The predicted molar refractivity (Wildman–Crippen MR) is 75.8 cm³/mol. The van der Waals surface area contributed by atoms with Gasteiger partial charge in [-0.15, -0.1) is 0 Å². The van der Waals surface area contributed by atoms with Gasteiger partial charge in [-0.05, 0) is 18.2 Å². The summed E-state index contributed by atoms with van der Waals surface area (Å²) in [7, 11) is 0. The number of alkyl halides is 3. The molecule has 1 aromatic carbocycles. The van der Waals surface area contributed by atoms with Crippen molar-refractivity contribution in [2.24, 2.45) is 0 Å². The molecule has 0 unspecified atom stereocenters. The smallest absolute Gasteiger partial charge is 0.417 e. The lowest BCUT2D eigenvalue weighted by Gasteiger charge is -2.11. The second-order valence-electron chi connectivity index (χ2n) is 4.59. The van der Waals surface area contributed by atoms with E-state index in [1.807, 2.05) is 0 Å². The third kappa shape index (κ3) is 2.61. The van der Waals surface area contributed by atoms with Crippen LogP contribution in [0.3, 0.4) is 0 Å². The van der Waals surface area contributed by atoms with Crippen LogP contribution in [0.2, 0.25) is 5.02 Å². The molecule has 2 heterocycles. The number of nitrogens with zero attached hydrogens (tertiary/aromatic N) is 3. The highest BCUT2D eigenvalue weighted by Gasteiger charge is 2.32. The Morgan fingerprint density at radius 3 is 2.57 bits per heavy atom. The van der Waals surface area contributed by atoms with Crippen molar-refractivity contribution >= 4 is 28.6 Å². The van der Waals surface area contributed by atoms with Crippen LogP contribution in [-0.2, 0) is 6.18 Å². The van der Waals surface area contributed by atoms with Gasteiger partial charge in [-0.25, -0.2) is 14.8 Å². The number of hydrogen-bond donors (Lipinski definition) is 1. The van der Waals surface area contributed by atoms with Crippen molar-refractivity contribution < 1.29 is 23.1 Å². The average molecular weight is 342 g/mol. The molecule has 0 saturated heterocycles. The van der Waals surface area contributed by atoms with Gasteiger partial charge in [0.15, 0.2) is 5.82 Å². The van der Waals surface area contributed by atoms with Gasteiger partial charge in [0.2, 0.25) is 5.82 Å². The van der Waals surface area contributed by atoms with Crippen molar-refractivity contribution in [1.82, 2.24) is 14.5 Å². The molecule has 2 aromatic heterocycles. The van der Waals surface area contributed by atoms with E-state index in [0.717, 1.165) is 4.57 Å². The summed E-state index contributed by atoms with van der Waals surface area (Å²) in [5, 5.41) is 8.94. The number of aromatic carboxylic acids is 1. The largest absolute Gasteiger partial charge is 0.475 e. The zero-order chi connectivity index (χ0) is 16.8. The Labute approximate surface area is 132 Å². The van der Waals surface area contributed by atoms with Crippen molar-refractivity contribution in [1.29, 1.82) is 0 Å². The summed E-state index contributed by atoms with van der Waals surface area (Å²) in [5.74, 6) is -1.87. The number of halogens is 4. The maximum absolute atomic E-state index is 12.7. The SMILES string of the molecule is O=C(O)c1nc2ccccc2n1-c1ncc(C(F)(F)F)cc1Cl. The average Bonchev–Trinajstić information content (AvgIpc) is 2.86. The van der Waals surface area contributed by atoms with Crippen LogP contribution in [0.15, 0.2) is 36.5 Å². The topological polar surface area (TPSA) is 68.0 Å². The van der Waals surface area contributed by atoms with E-state index in [4.69, 9.17) is 11.6 Å². The zero-order valence-electron chi connectivity index (χ0n) is 11.2. The molecule has 23 heavy (non-hydrogen) atoms. The Balaban J connectivity index is 2.28. The third-order valence-electron chi connectivity index (χ3n) is 3.11. The van der Waals surface area contributed by atoms with Crippen LogP contribution in [0.5, 0.6) is 0 Å². The van der Waals surface area contributed by atoms with Gasteiger partial charge >= 0.3 is 12.1 Å². The van der Waals surface area contributed by atoms with E-state index in [1.54, 1.807) is 24.3 Å². The molecule has 0 amide bonds. The fraction of sp³-hybridized carbons (Fsp3) is 0.0714. The molecular formula is C14H7ClF3N3O2. The highest BCUT2D eigenvalue weighted by atomic mass is 35.5. The minimum Gasteiger partial charge on any atom is -0.475 e. The first-order valence-corrected chi connectivity index (χ1v) is 6.60. The van der Waals surface area contributed by atoms with Gasteiger partial charge in [-0.3, -0.25) is 4.57 Å². The quantitative estimate of drug-likeness (QED) is 0.770. The van der Waals surface area contributed by atoms with Crippen LogP contribution in [0.25, 0.3) is 16.9 Å². The minimum absolute atomic E-state index is 0.134. The molecule has 3 aromatic rings. The van der Waals surface area contributed by atoms with Gasteiger partial charge < -0.3 is 5.11 Å². The Morgan fingerprint density at radius 1 is 1.26 bits per heavy atom. The Hall–Kier alpha value is -2.61. The molecule has 0 spiro atoms. The molecule has 9 heteroatoms. The standard InChI is InChI=1S/C14H7ClF3N3O2/c15-8-5-7(14(16,17)18)6-19-11(8)21-10-4-2-1-3-9(10)20-12(21)13(22)23/h1-6H,(H,22,23). The van der Waals surface area contributed by atoms with Gasteiger partial charge in [0, 0.05) is 6.20 Å². The van der Waals surface area contributed by atoms with E-state index in [0.29, 0.717) is 23.3 Å². The maximum Gasteiger partial charge on any atom is 0.417 e. The van der Waals surface area contributed by atoms with Crippen molar-refractivity contribution in [3.05, 3.63) is 52.9 Å². The number of rotatable bonds is 2. The van der Waals surface area contributed by atoms with Crippen LogP contribution in [-0.4, -0.2) is 25.6 Å². The van der Waals surface area contributed by atoms with E-state index < -0.39 is 17.7 Å². The van der Waals surface area contributed by atoms with E-state index in [1.165, 1.54) is 0 Å².